The van der Waals surface area contributed by atoms with Crippen molar-refractivity contribution in [3.63, 3.8) is 0 Å². The first-order valence-corrected chi connectivity index (χ1v) is 17.1. The Kier molecular flexibility index (Phi) is 12.4. The van der Waals surface area contributed by atoms with Gasteiger partial charge in [-0.1, -0.05) is 91.9 Å². The van der Waals surface area contributed by atoms with Gasteiger partial charge in [0.2, 0.25) is 0 Å². The van der Waals surface area contributed by atoms with E-state index in [-0.39, 0.29) is 35.4 Å². The molecular weight excluding hydrogens is 428 g/mol. The Labute approximate surface area is 206 Å². The summed E-state index contributed by atoms with van der Waals surface area (Å²) in [4.78, 5) is 11.8. The highest BCUT2D eigenvalue weighted by molar-refractivity contribution is 6.74. The lowest BCUT2D eigenvalue weighted by Crippen LogP contribution is -2.47. The zero-order valence-electron chi connectivity index (χ0n) is 22.8. The van der Waals surface area contributed by atoms with E-state index in [0.29, 0.717) is 6.42 Å². The van der Waals surface area contributed by atoms with Crippen LogP contribution in [0.15, 0.2) is 0 Å². The molecule has 0 spiro atoms. The summed E-state index contributed by atoms with van der Waals surface area (Å²) in [5.74, 6) is -0.0577. The molecule has 0 aromatic heterocycles. The number of hydrogen-bond donors (Lipinski definition) is 0. The van der Waals surface area contributed by atoms with Gasteiger partial charge in [-0.15, -0.1) is 0 Å². The largest absolute Gasteiger partial charge is 0.460 e. The number of cyclic esters (lactones) is 1. The van der Waals surface area contributed by atoms with Gasteiger partial charge in [-0.05, 0) is 50.2 Å². The Hall–Kier alpha value is -0.393. The average molecular weight is 483 g/mol. The van der Waals surface area contributed by atoms with Crippen molar-refractivity contribution in [1.82, 2.24) is 0 Å². The molecule has 2 saturated heterocycles. The zero-order valence-corrected chi connectivity index (χ0v) is 23.8. The van der Waals surface area contributed by atoms with Crippen LogP contribution in [-0.4, -0.2) is 38.7 Å². The van der Waals surface area contributed by atoms with Crippen molar-refractivity contribution >= 4 is 14.3 Å². The maximum atomic E-state index is 11.8. The third-order valence-electron chi connectivity index (χ3n) is 8.16. The Morgan fingerprint density at radius 3 is 2.09 bits per heavy atom. The molecule has 4 atom stereocenters. The van der Waals surface area contributed by atoms with E-state index in [9.17, 15) is 4.79 Å². The van der Waals surface area contributed by atoms with Gasteiger partial charge in [-0.2, -0.15) is 0 Å². The van der Waals surface area contributed by atoms with Crippen LogP contribution in [0.2, 0.25) is 18.1 Å². The smallest absolute Gasteiger partial charge is 0.306 e. The van der Waals surface area contributed by atoms with E-state index >= 15 is 0 Å². The molecule has 0 saturated carbocycles. The van der Waals surface area contributed by atoms with Crippen molar-refractivity contribution in [2.24, 2.45) is 0 Å². The van der Waals surface area contributed by atoms with Crippen molar-refractivity contribution < 1.29 is 18.7 Å². The number of ether oxygens (including phenoxy) is 2. The van der Waals surface area contributed by atoms with Crippen LogP contribution in [0.4, 0.5) is 0 Å². The molecule has 0 unspecified atom stereocenters. The second-order valence-corrected chi connectivity index (χ2v) is 16.9. The van der Waals surface area contributed by atoms with Gasteiger partial charge in [0.1, 0.15) is 6.10 Å². The molecule has 2 fully saturated rings. The molecular formula is C28H54O4Si. The van der Waals surface area contributed by atoms with Gasteiger partial charge in [0.15, 0.2) is 8.32 Å². The maximum absolute atomic E-state index is 11.8. The third-order valence-corrected chi connectivity index (χ3v) is 12.7. The number of carbonyl (C=O) groups is 1. The molecule has 5 heteroatoms. The molecule has 0 N–H and O–H groups in total. The predicted octanol–water partition coefficient (Wildman–Crippen LogP) is 8.33. The summed E-state index contributed by atoms with van der Waals surface area (Å²) in [5.41, 5.74) is 0. The lowest BCUT2D eigenvalue weighted by Gasteiger charge is -2.41. The summed E-state index contributed by atoms with van der Waals surface area (Å²) in [6, 6.07) is 0. The standard InChI is InChI=1S/C28H54O4Si/c1-7-8-9-10-11-12-13-14-15-16-18-26(32-33(5,6)28(2,3)4)25-22-21-24(30-25)23-19-17-20-27(29)31-23/h23-26H,7-22H2,1-6H3/t23-,24-,25-,26-/m1/s1. The number of carbonyl (C=O) groups excluding carboxylic acids is 1. The van der Waals surface area contributed by atoms with Crippen molar-refractivity contribution in [3.05, 3.63) is 0 Å². The minimum Gasteiger partial charge on any atom is -0.460 e. The van der Waals surface area contributed by atoms with Gasteiger partial charge >= 0.3 is 5.97 Å². The van der Waals surface area contributed by atoms with E-state index in [1.54, 1.807) is 0 Å². The van der Waals surface area contributed by atoms with Crippen LogP contribution in [0.1, 0.15) is 130 Å². The molecule has 4 nitrogen and oxygen atoms in total. The molecule has 0 aromatic carbocycles. The van der Waals surface area contributed by atoms with E-state index < -0.39 is 8.32 Å². The first kappa shape index (κ1) is 28.8. The highest BCUT2D eigenvalue weighted by Gasteiger charge is 2.44. The Morgan fingerprint density at radius 2 is 1.52 bits per heavy atom. The van der Waals surface area contributed by atoms with Gasteiger partial charge in [0.25, 0.3) is 0 Å². The lowest BCUT2D eigenvalue weighted by molar-refractivity contribution is -0.165. The second-order valence-electron chi connectivity index (χ2n) is 12.1. The van der Waals surface area contributed by atoms with Crippen LogP contribution in [0.5, 0.6) is 0 Å². The quantitative estimate of drug-likeness (QED) is 0.134. The van der Waals surface area contributed by atoms with Gasteiger partial charge in [-0.3, -0.25) is 4.79 Å². The minimum absolute atomic E-state index is 0.0532. The SMILES string of the molecule is CCCCCCCCCCCC[C@@H](O[Si](C)(C)C(C)(C)C)[C@H]1CC[C@H]([C@H]2CCCC(=O)O2)O1. The normalized spacial score (nSPS) is 25.3. The van der Waals surface area contributed by atoms with Crippen LogP contribution in [0, 0.1) is 0 Å². The Morgan fingerprint density at radius 1 is 0.909 bits per heavy atom. The third kappa shape index (κ3) is 10.0. The summed E-state index contributed by atoms with van der Waals surface area (Å²) in [6.45, 7) is 13.9. The van der Waals surface area contributed by atoms with Crippen LogP contribution in [0.25, 0.3) is 0 Å². The summed E-state index contributed by atoms with van der Waals surface area (Å²) in [5, 5.41) is 0.194. The van der Waals surface area contributed by atoms with E-state index in [2.05, 4.69) is 40.8 Å². The van der Waals surface area contributed by atoms with Crippen LogP contribution < -0.4 is 0 Å². The molecule has 194 valence electrons. The molecule has 2 aliphatic rings. The Bertz CT molecular complexity index is 557. The van der Waals surface area contributed by atoms with Crippen molar-refractivity contribution in [2.45, 2.75) is 173 Å². The van der Waals surface area contributed by atoms with Crippen LogP contribution in [0.3, 0.4) is 0 Å². The second kappa shape index (κ2) is 14.2. The van der Waals surface area contributed by atoms with Crippen molar-refractivity contribution in [2.75, 3.05) is 0 Å². The van der Waals surface area contributed by atoms with E-state index in [0.717, 1.165) is 32.1 Å². The molecule has 0 aromatic rings. The predicted molar refractivity (Wildman–Crippen MR) is 140 cm³/mol. The first-order chi connectivity index (χ1) is 15.6. The van der Waals surface area contributed by atoms with Crippen molar-refractivity contribution in [1.29, 1.82) is 0 Å². The average Bonchev–Trinajstić information content (AvgIpc) is 3.23. The van der Waals surface area contributed by atoms with Gasteiger partial charge in [0, 0.05) is 6.42 Å². The first-order valence-electron chi connectivity index (χ1n) is 14.2. The van der Waals surface area contributed by atoms with Crippen LogP contribution in [-0.2, 0) is 18.7 Å². The fraction of sp³-hybridized carbons (Fsp3) is 0.964. The zero-order chi connectivity index (χ0) is 24.3. The van der Waals surface area contributed by atoms with Gasteiger partial charge in [0.05, 0.1) is 18.3 Å². The molecule has 2 aliphatic heterocycles. The summed E-state index contributed by atoms with van der Waals surface area (Å²) in [6.07, 6.45) is 19.4. The molecule has 0 radical (unpaired) electrons. The Balaban J connectivity index is 1.81. The molecule has 2 rings (SSSR count). The number of hydrogen-bond acceptors (Lipinski definition) is 4. The van der Waals surface area contributed by atoms with E-state index in [4.69, 9.17) is 13.9 Å². The monoisotopic (exact) mass is 482 g/mol. The highest BCUT2D eigenvalue weighted by Crippen LogP contribution is 2.40. The molecule has 0 amide bonds. The fourth-order valence-electron chi connectivity index (χ4n) is 4.94. The number of unbranched alkanes of at least 4 members (excludes halogenated alkanes) is 9. The van der Waals surface area contributed by atoms with Gasteiger partial charge in [-0.25, -0.2) is 0 Å². The molecule has 0 bridgehead atoms. The summed E-state index contributed by atoms with van der Waals surface area (Å²) >= 11 is 0. The molecule has 0 aliphatic carbocycles. The summed E-state index contributed by atoms with van der Waals surface area (Å²) < 4.78 is 19.1. The van der Waals surface area contributed by atoms with Crippen molar-refractivity contribution in [3.8, 4) is 0 Å². The van der Waals surface area contributed by atoms with Gasteiger partial charge < -0.3 is 13.9 Å². The maximum Gasteiger partial charge on any atom is 0.306 e. The van der Waals surface area contributed by atoms with E-state index in [1.165, 1.54) is 64.2 Å². The molecule has 2 heterocycles. The molecule has 33 heavy (non-hydrogen) atoms. The number of esters is 1. The lowest BCUT2D eigenvalue weighted by atomic mass is 9.99. The fourth-order valence-corrected chi connectivity index (χ4v) is 6.32. The summed E-state index contributed by atoms with van der Waals surface area (Å²) in [7, 11) is -1.87. The van der Waals surface area contributed by atoms with Crippen LogP contribution >= 0.6 is 0 Å². The topological polar surface area (TPSA) is 44.8 Å². The minimum atomic E-state index is -1.87. The van der Waals surface area contributed by atoms with E-state index in [1.807, 2.05) is 0 Å². The number of rotatable bonds is 15. The highest BCUT2D eigenvalue weighted by atomic mass is 28.4.